The molecule has 0 spiro atoms. The quantitative estimate of drug-likeness (QED) is 0.412. The lowest BCUT2D eigenvalue weighted by Gasteiger charge is -2.00. The van der Waals surface area contributed by atoms with Crippen LogP contribution in [0.4, 0.5) is 0 Å². The van der Waals surface area contributed by atoms with Gasteiger partial charge in [0.15, 0.2) is 0 Å². The molecule has 0 N–H and O–H groups in total. The van der Waals surface area contributed by atoms with Crippen LogP contribution in [0.5, 0.6) is 0 Å². The van der Waals surface area contributed by atoms with Crippen LogP contribution in [0.15, 0.2) is 89.7 Å². The van der Waals surface area contributed by atoms with E-state index >= 15 is 0 Å². The second-order valence-corrected chi connectivity index (χ2v) is 4.14. The van der Waals surface area contributed by atoms with Gasteiger partial charge in [0, 0.05) is 11.9 Å². The first-order chi connectivity index (χ1) is 9.60. The first-order valence-electron chi connectivity index (χ1n) is 6.75. The molecule has 0 aliphatic heterocycles. The summed E-state index contributed by atoms with van der Waals surface area (Å²) >= 11 is 0. The van der Waals surface area contributed by atoms with Gasteiger partial charge in [0.25, 0.3) is 0 Å². The largest absolute Gasteiger partial charge is 0.261 e. The number of hydrogen-bond donors (Lipinski definition) is 0. The van der Waals surface area contributed by atoms with Crippen LogP contribution in [0.3, 0.4) is 0 Å². The lowest BCUT2D eigenvalue weighted by Crippen LogP contribution is -1.93. The molecule has 0 bridgehead atoms. The first-order valence-corrected chi connectivity index (χ1v) is 6.75. The van der Waals surface area contributed by atoms with Gasteiger partial charge >= 0.3 is 0 Å². The fourth-order valence-corrected chi connectivity index (χ4v) is 1.58. The van der Waals surface area contributed by atoms with E-state index in [4.69, 9.17) is 0 Å². The summed E-state index contributed by atoms with van der Waals surface area (Å²) in [5, 5.41) is 0. The van der Waals surface area contributed by atoms with E-state index in [1.165, 1.54) is 0 Å². The van der Waals surface area contributed by atoms with Crippen molar-refractivity contribution in [2.75, 3.05) is 0 Å². The predicted molar refractivity (Wildman–Crippen MR) is 93.1 cm³/mol. The molecule has 0 saturated carbocycles. The van der Waals surface area contributed by atoms with Crippen LogP contribution in [-0.4, -0.2) is 5.71 Å². The number of aliphatic imine (C=N–C) groups is 1. The molecule has 0 aromatic carbocycles. The molecule has 0 aromatic heterocycles. The average Bonchev–Trinajstić information content (AvgIpc) is 2.45. The molecule has 0 radical (unpaired) electrons. The van der Waals surface area contributed by atoms with Crippen LogP contribution in [0.2, 0.25) is 0 Å². The zero-order valence-corrected chi connectivity index (χ0v) is 13.1. The van der Waals surface area contributed by atoms with Crippen molar-refractivity contribution in [1.29, 1.82) is 0 Å². The maximum absolute atomic E-state index is 4.44. The highest BCUT2D eigenvalue weighted by molar-refractivity contribution is 6.00. The van der Waals surface area contributed by atoms with E-state index in [0.29, 0.717) is 0 Å². The topological polar surface area (TPSA) is 12.4 Å². The summed E-state index contributed by atoms with van der Waals surface area (Å²) < 4.78 is 0. The van der Waals surface area contributed by atoms with Gasteiger partial charge < -0.3 is 0 Å². The Balaban J connectivity index is 4.92. The Morgan fingerprint density at radius 3 is 2.10 bits per heavy atom. The second kappa shape index (κ2) is 10.7. The molecule has 0 amide bonds. The van der Waals surface area contributed by atoms with E-state index < -0.39 is 0 Å². The summed E-state index contributed by atoms with van der Waals surface area (Å²) in [4.78, 5) is 4.44. The fourth-order valence-electron chi connectivity index (χ4n) is 1.58. The highest BCUT2D eigenvalue weighted by Gasteiger charge is 1.95. The molecule has 0 unspecified atom stereocenters. The number of rotatable bonds is 7. The molecule has 20 heavy (non-hydrogen) atoms. The highest BCUT2D eigenvalue weighted by atomic mass is 14.7. The SMILES string of the molecule is C=C/C=C\C(=C/C)C(=C)/C=C\N=C(/C)C(=CC)/C=C\C. The summed E-state index contributed by atoms with van der Waals surface area (Å²) in [5.74, 6) is 0. The lowest BCUT2D eigenvalue weighted by molar-refractivity contribution is 1.45. The molecule has 0 aromatic rings. The molecule has 0 fully saturated rings. The minimum atomic E-state index is 0.926. The van der Waals surface area contributed by atoms with Crippen molar-refractivity contribution < 1.29 is 0 Å². The summed E-state index contributed by atoms with van der Waals surface area (Å²) in [7, 11) is 0. The van der Waals surface area contributed by atoms with E-state index in [0.717, 1.165) is 22.4 Å². The third-order valence-corrected chi connectivity index (χ3v) is 2.71. The van der Waals surface area contributed by atoms with Gasteiger partial charge in [-0.1, -0.05) is 55.7 Å². The minimum Gasteiger partial charge on any atom is -0.261 e. The third-order valence-electron chi connectivity index (χ3n) is 2.71. The molecule has 1 nitrogen and oxygen atoms in total. The van der Waals surface area contributed by atoms with Gasteiger partial charge in [0.1, 0.15) is 0 Å². The van der Waals surface area contributed by atoms with Gasteiger partial charge in [-0.05, 0) is 50.5 Å². The first kappa shape index (κ1) is 17.8. The molecular weight excluding hydrogens is 242 g/mol. The summed E-state index contributed by atoms with van der Waals surface area (Å²) in [6.07, 6.45) is 17.4. The molecular formula is C19H25N. The van der Waals surface area contributed by atoms with E-state index in [1.807, 2.05) is 70.2 Å². The fraction of sp³-hybridized carbons (Fsp3) is 0.211. The van der Waals surface area contributed by atoms with Gasteiger partial charge in [-0.25, -0.2) is 0 Å². The van der Waals surface area contributed by atoms with Crippen molar-refractivity contribution in [2.24, 2.45) is 4.99 Å². The van der Waals surface area contributed by atoms with E-state index in [9.17, 15) is 0 Å². The number of hydrogen-bond acceptors (Lipinski definition) is 1. The molecule has 0 aliphatic rings. The monoisotopic (exact) mass is 267 g/mol. The van der Waals surface area contributed by atoms with Crippen LogP contribution < -0.4 is 0 Å². The molecule has 0 saturated heterocycles. The van der Waals surface area contributed by atoms with Gasteiger partial charge in [0.2, 0.25) is 0 Å². The highest BCUT2D eigenvalue weighted by Crippen LogP contribution is 2.11. The zero-order chi connectivity index (χ0) is 15.4. The number of allylic oxidation sites excluding steroid dienone is 11. The van der Waals surface area contributed by atoms with Crippen molar-refractivity contribution in [3.63, 3.8) is 0 Å². The van der Waals surface area contributed by atoms with Crippen LogP contribution in [0, 0.1) is 0 Å². The zero-order valence-electron chi connectivity index (χ0n) is 13.1. The van der Waals surface area contributed by atoms with Crippen LogP contribution >= 0.6 is 0 Å². The Bertz CT molecular complexity index is 506. The van der Waals surface area contributed by atoms with Crippen molar-refractivity contribution in [3.8, 4) is 0 Å². The summed E-state index contributed by atoms with van der Waals surface area (Å²) in [6, 6.07) is 0. The van der Waals surface area contributed by atoms with Crippen molar-refractivity contribution in [3.05, 3.63) is 84.7 Å². The van der Waals surface area contributed by atoms with Crippen molar-refractivity contribution in [1.82, 2.24) is 0 Å². The van der Waals surface area contributed by atoms with Gasteiger partial charge in [-0.2, -0.15) is 0 Å². The molecule has 0 rings (SSSR count). The van der Waals surface area contributed by atoms with Crippen molar-refractivity contribution >= 4 is 5.71 Å². The summed E-state index contributed by atoms with van der Waals surface area (Å²) in [6.45, 7) is 15.7. The van der Waals surface area contributed by atoms with E-state index in [2.05, 4.69) is 18.2 Å². The van der Waals surface area contributed by atoms with Crippen LogP contribution in [0.1, 0.15) is 27.7 Å². The molecule has 1 heteroatoms. The number of nitrogens with zero attached hydrogens (tertiary/aromatic N) is 1. The Morgan fingerprint density at radius 1 is 0.950 bits per heavy atom. The summed E-state index contributed by atoms with van der Waals surface area (Å²) in [5.41, 5.74) is 4.10. The normalized spacial score (nSPS) is 14.7. The maximum atomic E-state index is 4.44. The predicted octanol–water partition coefficient (Wildman–Crippen LogP) is 5.73. The Morgan fingerprint density at radius 2 is 1.60 bits per heavy atom. The maximum Gasteiger partial charge on any atom is 0.0441 e. The lowest BCUT2D eigenvalue weighted by atomic mass is 10.1. The molecule has 106 valence electrons. The Labute approximate surface area is 123 Å². The van der Waals surface area contributed by atoms with E-state index in [-0.39, 0.29) is 0 Å². The van der Waals surface area contributed by atoms with Crippen LogP contribution in [0.25, 0.3) is 0 Å². The van der Waals surface area contributed by atoms with Crippen molar-refractivity contribution in [2.45, 2.75) is 27.7 Å². The average molecular weight is 267 g/mol. The van der Waals surface area contributed by atoms with Gasteiger partial charge in [-0.15, -0.1) is 0 Å². The standard InChI is InChI=1S/C19H25N/c1-7-11-13-18(9-3)16(5)14-15-20-17(6)19(10-4)12-8-2/h7-15H,1,5H2,2-4,6H3/b12-8-,13-11-,15-14-,18-9+,19-10?,20-17+. The van der Waals surface area contributed by atoms with E-state index in [1.54, 1.807) is 12.3 Å². The Kier molecular flexibility index (Phi) is 9.59. The Hall–Kier alpha value is -2.15. The molecule has 0 heterocycles. The smallest absolute Gasteiger partial charge is 0.0441 e. The third kappa shape index (κ3) is 6.69. The second-order valence-electron chi connectivity index (χ2n) is 4.14. The van der Waals surface area contributed by atoms with Gasteiger partial charge in [0.05, 0.1) is 0 Å². The molecule has 0 aliphatic carbocycles. The minimum absolute atomic E-state index is 0.926. The molecule has 0 atom stereocenters. The van der Waals surface area contributed by atoms with Gasteiger partial charge in [-0.3, -0.25) is 4.99 Å². The van der Waals surface area contributed by atoms with Crippen LogP contribution in [-0.2, 0) is 0 Å².